The van der Waals surface area contributed by atoms with Crippen molar-refractivity contribution in [3.05, 3.63) is 29.8 Å². The third-order valence-corrected chi connectivity index (χ3v) is 3.87. The van der Waals surface area contributed by atoms with E-state index in [2.05, 4.69) is 5.32 Å². The average Bonchev–Trinajstić information content (AvgIpc) is 2.47. The van der Waals surface area contributed by atoms with E-state index in [0.717, 1.165) is 12.8 Å². The SMILES string of the molecule is O=C(O)C1CCCCC1C(=O)Nc1ccccc1CO. The molecule has 1 aromatic rings. The lowest BCUT2D eigenvalue weighted by atomic mass is 9.78. The van der Waals surface area contributed by atoms with E-state index in [-0.39, 0.29) is 12.5 Å². The molecule has 0 bridgehead atoms. The predicted molar refractivity (Wildman–Crippen MR) is 74.1 cm³/mol. The molecule has 5 heteroatoms. The number of aliphatic hydroxyl groups is 1. The van der Waals surface area contributed by atoms with E-state index in [0.29, 0.717) is 24.1 Å². The second kappa shape index (κ2) is 6.52. The largest absolute Gasteiger partial charge is 0.481 e. The molecule has 1 fully saturated rings. The summed E-state index contributed by atoms with van der Waals surface area (Å²) in [6, 6.07) is 6.99. The van der Waals surface area contributed by atoms with Crippen LogP contribution >= 0.6 is 0 Å². The number of anilines is 1. The molecule has 0 spiro atoms. The second-order valence-corrected chi connectivity index (χ2v) is 5.14. The first kappa shape index (κ1) is 14.5. The van der Waals surface area contributed by atoms with Gasteiger partial charge in [-0.1, -0.05) is 31.0 Å². The summed E-state index contributed by atoms with van der Waals surface area (Å²) in [6.07, 6.45) is 2.89. The number of nitrogens with one attached hydrogen (secondary N) is 1. The zero-order valence-corrected chi connectivity index (χ0v) is 11.2. The molecule has 0 heterocycles. The second-order valence-electron chi connectivity index (χ2n) is 5.14. The maximum Gasteiger partial charge on any atom is 0.307 e. The molecule has 1 amide bonds. The van der Waals surface area contributed by atoms with Gasteiger partial charge in [-0.3, -0.25) is 9.59 Å². The molecular formula is C15H19NO4. The highest BCUT2D eigenvalue weighted by atomic mass is 16.4. The van der Waals surface area contributed by atoms with Crippen LogP contribution in [0.1, 0.15) is 31.2 Å². The van der Waals surface area contributed by atoms with E-state index in [1.807, 2.05) is 0 Å². The molecule has 2 rings (SSSR count). The Morgan fingerprint density at radius 3 is 2.45 bits per heavy atom. The highest BCUT2D eigenvalue weighted by molar-refractivity contribution is 5.95. The van der Waals surface area contributed by atoms with Crippen molar-refractivity contribution in [3.8, 4) is 0 Å². The molecule has 1 aliphatic carbocycles. The fraction of sp³-hybridized carbons (Fsp3) is 0.467. The van der Waals surface area contributed by atoms with Crippen LogP contribution in [0.15, 0.2) is 24.3 Å². The van der Waals surface area contributed by atoms with Crippen molar-refractivity contribution in [2.45, 2.75) is 32.3 Å². The van der Waals surface area contributed by atoms with Gasteiger partial charge in [-0.2, -0.15) is 0 Å². The maximum absolute atomic E-state index is 12.3. The van der Waals surface area contributed by atoms with Gasteiger partial charge in [0.2, 0.25) is 5.91 Å². The van der Waals surface area contributed by atoms with Crippen LogP contribution in [0.3, 0.4) is 0 Å². The first-order valence-corrected chi connectivity index (χ1v) is 6.86. The van der Waals surface area contributed by atoms with Gasteiger partial charge >= 0.3 is 5.97 Å². The number of para-hydroxylation sites is 1. The molecule has 2 unspecified atom stereocenters. The standard InChI is InChI=1S/C15H19NO4/c17-9-10-5-1-4-8-13(10)16-14(18)11-6-2-3-7-12(11)15(19)20/h1,4-5,8,11-12,17H,2-3,6-7,9H2,(H,16,18)(H,19,20). The van der Waals surface area contributed by atoms with Gasteiger partial charge in [-0.25, -0.2) is 0 Å². The first-order valence-electron chi connectivity index (χ1n) is 6.86. The summed E-state index contributed by atoms with van der Waals surface area (Å²) in [6.45, 7) is -0.163. The van der Waals surface area contributed by atoms with Crippen LogP contribution in [0.25, 0.3) is 0 Å². The van der Waals surface area contributed by atoms with Gasteiger partial charge in [0.25, 0.3) is 0 Å². The van der Waals surface area contributed by atoms with Crippen LogP contribution in [0, 0.1) is 11.8 Å². The lowest BCUT2D eigenvalue weighted by Gasteiger charge is -2.27. The van der Waals surface area contributed by atoms with Crippen molar-refractivity contribution in [1.82, 2.24) is 0 Å². The quantitative estimate of drug-likeness (QED) is 0.785. The summed E-state index contributed by atoms with van der Waals surface area (Å²) >= 11 is 0. The minimum absolute atomic E-state index is 0.163. The number of rotatable bonds is 4. The normalized spacial score (nSPS) is 22.2. The molecular weight excluding hydrogens is 258 g/mol. The van der Waals surface area contributed by atoms with E-state index in [1.165, 1.54) is 0 Å². The van der Waals surface area contributed by atoms with E-state index >= 15 is 0 Å². The van der Waals surface area contributed by atoms with Crippen LogP contribution < -0.4 is 5.32 Å². The van der Waals surface area contributed by atoms with Crippen LogP contribution in [0.5, 0.6) is 0 Å². The molecule has 3 N–H and O–H groups in total. The highest BCUT2D eigenvalue weighted by Crippen LogP contribution is 2.31. The van der Waals surface area contributed by atoms with Gasteiger partial charge in [-0.15, -0.1) is 0 Å². The van der Waals surface area contributed by atoms with Crippen LogP contribution in [0.4, 0.5) is 5.69 Å². The van der Waals surface area contributed by atoms with E-state index < -0.39 is 17.8 Å². The van der Waals surface area contributed by atoms with E-state index in [9.17, 15) is 19.8 Å². The minimum Gasteiger partial charge on any atom is -0.481 e. The third kappa shape index (κ3) is 3.17. The number of carbonyl (C=O) groups excluding carboxylic acids is 1. The van der Waals surface area contributed by atoms with Crippen molar-refractivity contribution in [2.75, 3.05) is 5.32 Å². The van der Waals surface area contributed by atoms with Gasteiger partial charge in [-0.05, 0) is 18.9 Å². The third-order valence-electron chi connectivity index (χ3n) is 3.87. The molecule has 20 heavy (non-hydrogen) atoms. The Balaban J connectivity index is 2.12. The summed E-state index contributed by atoms with van der Waals surface area (Å²) < 4.78 is 0. The molecule has 1 saturated carbocycles. The zero-order chi connectivity index (χ0) is 14.5. The molecule has 1 aromatic carbocycles. The Hall–Kier alpha value is -1.88. The number of benzene rings is 1. The monoisotopic (exact) mass is 277 g/mol. The number of aliphatic carboxylic acids is 1. The summed E-state index contributed by atoms with van der Waals surface area (Å²) in [5, 5.41) is 21.2. The number of carboxylic acids is 1. The number of amides is 1. The molecule has 2 atom stereocenters. The summed E-state index contributed by atoms with van der Waals surface area (Å²) in [5.41, 5.74) is 1.18. The lowest BCUT2D eigenvalue weighted by molar-refractivity contribution is -0.147. The Morgan fingerprint density at radius 2 is 1.80 bits per heavy atom. The molecule has 5 nitrogen and oxygen atoms in total. The van der Waals surface area contributed by atoms with Gasteiger partial charge < -0.3 is 15.5 Å². The van der Waals surface area contributed by atoms with Gasteiger partial charge in [0.15, 0.2) is 0 Å². The lowest BCUT2D eigenvalue weighted by Crippen LogP contribution is -2.36. The summed E-state index contributed by atoms with van der Waals surface area (Å²) in [4.78, 5) is 23.5. The molecule has 0 aliphatic heterocycles. The minimum atomic E-state index is -0.903. The fourth-order valence-electron chi connectivity index (χ4n) is 2.75. The Labute approximate surface area is 117 Å². The van der Waals surface area contributed by atoms with Gasteiger partial charge in [0, 0.05) is 11.3 Å². The number of hydrogen-bond donors (Lipinski definition) is 3. The summed E-state index contributed by atoms with van der Waals surface area (Å²) in [7, 11) is 0. The fourth-order valence-corrected chi connectivity index (χ4v) is 2.75. The van der Waals surface area contributed by atoms with Crippen molar-refractivity contribution < 1.29 is 19.8 Å². The number of carbonyl (C=O) groups is 2. The topological polar surface area (TPSA) is 86.6 Å². The molecule has 0 radical (unpaired) electrons. The highest BCUT2D eigenvalue weighted by Gasteiger charge is 2.35. The smallest absolute Gasteiger partial charge is 0.307 e. The first-order chi connectivity index (χ1) is 9.63. The van der Waals surface area contributed by atoms with Gasteiger partial charge in [0.1, 0.15) is 0 Å². The van der Waals surface area contributed by atoms with E-state index in [4.69, 9.17) is 0 Å². The molecule has 0 aromatic heterocycles. The number of carboxylic acid groups (broad SMARTS) is 1. The van der Waals surface area contributed by atoms with Crippen molar-refractivity contribution in [2.24, 2.45) is 11.8 Å². The van der Waals surface area contributed by atoms with Gasteiger partial charge in [0.05, 0.1) is 18.4 Å². The molecule has 0 saturated heterocycles. The van der Waals surface area contributed by atoms with Crippen LogP contribution in [0.2, 0.25) is 0 Å². The number of hydrogen-bond acceptors (Lipinski definition) is 3. The van der Waals surface area contributed by atoms with Crippen molar-refractivity contribution in [1.29, 1.82) is 0 Å². The summed E-state index contributed by atoms with van der Waals surface area (Å²) in [5.74, 6) is -2.27. The maximum atomic E-state index is 12.3. The van der Waals surface area contributed by atoms with Crippen LogP contribution in [-0.4, -0.2) is 22.1 Å². The average molecular weight is 277 g/mol. The number of aliphatic hydroxyl groups excluding tert-OH is 1. The molecule has 108 valence electrons. The Bertz CT molecular complexity index is 500. The Kier molecular flexibility index (Phi) is 4.74. The van der Waals surface area contributed by atoms with Crippen molar-refractivity contribution in [3.63, 3.8) is 0 Å². The van der Waals surface area contributed by atoms with Crippen molar-refractivity contribution >= 4 is 17.6 Å². The van der Waals surface area contributed by atoms with E-state index in [1.54, 1.807) is 24.3 Å². The zero-order valence-electron chi connectivity index (χ0n) is 11.2. The molecule has 1 aliphatic rings. The predicted octanol–water partition coefficient (Wildman–Crippen LogP) is 2.01. The van der Waals surface area contributed by atoms with Crippen LogP contribution in [-0.2, 0) is 16.2 Å². The Morgan fingerprint density at radius 1 is 1.15 bits per heavy atom.